The van der Waals surface area contributed by atoms with Crippen LogP contribution < -0.4 is 16.6 Å². The van der Waals surface area contributed by atoms with Crippen LogP contribution in [0.1, 0.15) is 56.1 Å². The summed E-state index contributed by atoms with van der Waals surface area (Å²) < 4.78 is 1.27. The van der Waals surface area contributed by atoms with Crippen LogP contribution in [0.5, 0.6) is 0 Å². The molecular formula is C20H29N5O3. The quantitative estimate of drug-likeness (QED) is 0.802. The fourth-order valence-corrected chi connectivity index (χ4v) is 3.84. The predicted molar refractivity (Wildman–Crippen MR) is 109 cm³/mol. The first-order valence-corrected chi connectivity index (χ1v) is 9.89. The van der Waals surface area contributed by atoms with Crippen molar-refractivity contribution in [2.24, 2.45) is 7.05 Å². The minimum absolute atomic E-state index is 0.144. The van der Waals surface area contributed by atoms with Gasteiger partial charge in [0.2, 0.25) is 0 Å². The van der Waals surface area contributed by atoms with Crippen molar-refractivity contribution in [2.75, 3.05) is 19.6 Å². The van der Waals surface area contributed by atoms with Gasteiger partial charge in [0, 0.05) is 24.8 Å². The van der Waals surface area contributed by atoms with Crippen molar-refractivity contribution in [3.05, 3.63) is 38.2 Å². The fourth-order valence-electron chi connectivity index (χ4n) is 3.84. The van der Waals surface area contributed by atoms with Gasteiger partial charge >= 0.3 is 5.69 Å². The van der Waals surface area contributed by atoms with Gasteiger partial charge in [0.15, 0.2) is 0 Å². The van der Waals surface area contributed by atoms with Gasteiger partial charge in [-0.05, 0) is 52.3 Å². The molecule has 8 nitrogen and oxygen atoms in total. The predicted octanol–water partition coefficient (Wildman–Crippen LogP) is 1.18. The van der Waals surface area contributed by atoms with Crippen LogP contribution in [0, 0.1) is 0 Å². The van der Waals surface area contributed by atoms with Crippen LogP contribution in [0.2, 0.25) is 0 Å². The molecule has 0 aromatic carbocycles. The van der Waals surface area contributed by atoms with Crippen molar-refractivity contribution >= 4 is 16.9 Å². The first-order valence-electron chi connectivity index (χ1n) is 9.89. The Morgan fingerprint density at radius 1 is 1.25 bits per heavy atom. The van der Waals surface area contributed by atoms with E-state index in [9.17, 15) is 14.4 Å². The molecule has 1 aliphatic heterocycles. The van der Waals surface area contributed by atoms with E-state index in [1.54, 1.807) is 6.07 Å². The lowest BCUT2D eigenvalue weighted by Gasteiger charge is -2.35. The summed E-state index contributed by atoms with van der Waals surface area (Å²) in [5, 5.41) is 3.22. The number of nitrogens with zero attached hydrogens (tertiary/aromatic N) is 3. The molecule has 1 saturated heterocycles. The van der Waals surface area contributed by atoms with Crippen LogP contribution >= 0.6 is 0 Å². The summed E-state index contributed by atoms with van der Waals surface area (Å²) >= 11 is 0. The van der Waals surface area contributed by atoms with E-state index in [1.807, 2.05) is 20.8 Å². The molecule has 0 atom stereocenters. The SMILES string of the molecule is CCc1cc(C(=O)NC(C)(C)CN2CCCCC2)c2c(=O)[nH]c(=O)n(C)c2n1. The highest BCUT2D eigenvalue weighted by atomic mass is 16.2. The van der Waals surface area contributed by atoms with Crippen LogP contribution in [0.4, 0.5) is 0 Å². The summed E-state index contributed by atoms with van der Waals surface area (Å²) in [5.74, 6) is -0.326. The summed E-state index contributed by atoms with van der Waals surface area (Å²) in [6, 6.07) is 1.65. The number of fused-ring (bicyclic) bond motifs is 1. The number of hydrogen-bond donors (Lipinski definition) is 2. The number of aryl methyl sites for hydroxylation is 2. The third kappa shape index (κ3) is 4.16. The van der Waals surface area contributed by atoms with E-state index in [0.29, 0.717) is 12.1 Å². The number of carbonyl (C=O) groups is 1. The molecule has 0 radical (unpaired) electrons. The van der Waals surface area contributed by atoms with Gasteiger partial charge in [-0.2, -0.15) is 0 Å². The van der Waals surface area contributed by atoms with E-state index >= 15 is 0 Å². The van der Waals surface area contributed by atoms with Gasteiger partial charge in [-0.3, -0.25) is 19.1 Å². The third-order valence-electron chi connectivity index (χ3n) is 5.25. The van der Waals surface area contributed by atoms with Crippen molar-refractivity contribution in [2.45, 2.75) is 52.0 Å². The molecule has 8 heteroatoms. The molecule has 0 aliphatic carbocycles. The number of piperidine rings is 1. The highest BCUT2D eigenvalue weighted by Crippen LogP contribution is 2.17. The summed E-state index contributed by atoms with van der Waals surface area (Å²) in [6.45, 7) is 8.73. The lowest BCUT2D eigenvalue weighted by molar-refractivity contribution is 0.0879. The van der Waals surface area contributed by atoms with Crippen LogP contribution in [0.25, 0.3) is 11.0 Å². The van der Waals surface area contributed by atoms with Crippen LogP contribution in [-0.4, -0.2) is 50.5 Å². The van der Waals surface area contributed by atoms with Gasteiger partial charge in [-0.15, -0.1) is 0 Å². The number of carbonyl (C=O) groups excluding carboxylic acids is 1. The smallest absolute Gasteiger partial charge is 0.329 e. The molecule has 2 aromatic rings. The van der Waals surface area contributed by atoms with Crippen molar-refractivity contribution in [3.63, 3.8) is 0 Å². The minimum Gasteiger partial charge on any atom is -0.346 e. The van der Waals surface area contributed by atoms with E-state index in [0.717, 1.165) is 19.6 Å². The minimum atomic E-state index is -0.591. The molecule has 3 rings (SSSR count). The lowest BCUT2D eigenvalue weighted by Crippen LogP contribution is -2.52. The zero-order chi connectivity index (χ0) is 20.5. The Balaban J connectivity index is 1.97. The van der Waals surface area contributed by atoms with Crippen molar-refractivity contribution in [1.29, 1.82) is 0 Å². The summed E-state index contributed by atoms with van der Waals surface area (Å²) in [5.41, 5.74) is -0.448. The van der Waals surface area contributed by atoms with Crippen molar-refractivity contribution in [1.82, 2.24) is 24.8 Å². The molecule has 0 spiro atoms. The van der Waals surface area contributed by atoms with Gasteiger partial charge in [0.1, 0.15) is 5.65 Å². The van der Waals surface area contributed by atoms with Crippen LogP contribution in [-0.2, 0) is 13.5 Å². The molecule has 3 heterocycles. The molecule has 152 valence electrons. The zero-order valence-corrected chi connectivity index (χ0v) is 17.1. The number of likely N-dealkylation sites (tertiary alicyclic amines) is 1. The summed E-state index contributed by atoms with van der Waals surface area (Å²) in [7, 11) is 1.54. The number of aromatic amines is 1. The normalized spacial score (nSPS) is 15.7. The molecular weight excluding hydrogens is 358 g/mol. The molecule has 0 saturated carbocycles. The topological polar surface area (TPSA) is 100 Å². The lowest BCUT2D eigenvalue weighted by atomic mass is 10.0. The monoisotopic (exact) mass is 387 g/mol. The average Bonchev–Trinajstić information content (AvgIpc) is 2.65. The number of amides is 1. The van der Waals surface area contributed by atoms with E-state index in [1.165, 1.54) is 30.9 Å². The molecule has 2 N–H and O–H groups in total. The van der Waals surface area contributed by atoms with Gasteiger partial charge < -0.3 is 10.2 Å². The Labute approximate surface area is 164 Å². The second-order valence-corrected chi connectivity index (χ2v) is 8.21. The Morgan fingerprint density at radius 2 is 1.93 bits per heavy atom. The molecule has 1 fully saturated rings. The molecule has 2 aromatic heterocycles. The Morgan fingerprint density at radius 3 is 2.57 bits per heavy atom. The maximum Gasteiger partial charge on any atom is 0.329 e. The first kappa shape index (κ1) is 20.3. The number of H-pyrrole nitrogens is 1. The van der Waals surface area contributed by atoms with Crippen molar-refractivity contribution < 1.29 is 4.79 Å². The van der Waals surface area contributed by atoms with E-state index in [2.05, 4.69) is 20.2 Å². The van der Waals surface area contributed by atoms with E-state index in [4.69, 9.17) is 0 Å². The molecule has 0 unspecified atom stereocenters. The maximum atomic E-state index is 13.1. The number of aromatic nitrogens is 3. The van der Waals surface area contributed by atoms with Gasteiger partial charge in [-0.25, -0.2) is 9.78 Å². The maximum absolute atomic E-state index is 13.1. The Bertz CT molecular complexity index is 999. The van der Waals surface area contributed by atoms with Crippen molar-refractivity contribution in [3.8, 4) is 0 Å². The largest absolute Gasteiger partial charge is 0.346 e. The number of hydrogen-bond acceptors (Lipinski definition) is 5. The fraction of sp³-hybridized carbons (Fsp3) is 0.600. The molecule has 1 amide bonds. The van der Waals surface area contributed by atoms with Gasteiger partial charge in [0.05, 0.1) is 10.9 Å². The van der Waals surface area contributed by atoms with Gasteiger partial charge in [0.25, 0.3) is 11.5 Å². The Kier molecular flexibility index (Phi) is 5.69. The summed E-state index contributed by atoms with van der Waals surface area (Å²) in [4.78, 5) is 46.6. The third-order valence-corrected chi connectivity index (χ3v) is 5.25. The highest BCUT2D eigenvalue weighted by Gasteiger charge is 2.27. The number of nitrogens with one attached hydrogen (secondary N) is 2. The second-order valence-electron chi connectivity index (χ2n) is 8.21. The van der Waals surface area contributed by atoms with Crippen LogP contribution in [0.3, 0.4) is 0 Å². The number of pyridine rings is 1. The standard InChI is InChI=1S/C20H29N5O3/c1-5-13-11-14(15-16(21-13)24(4)19(28)22-18(15)27)17(26)23-20(2,3)12-25-9-7-6-8-10-25/h11H,5-10,12H2,1-4H3,(H,23,26)(H,22,27,28). The Hall–Kier alpha value is -2.48. The van der Waals surface area contributed by atoms with E-state index in [-0.39, 0.29) is 22.5 Å². The molecule has 1 aliphatic rings. The highest BCUT2D eigenvalue weighted by molar-refractivity contribution is 6.05. The second kappa shape index (κ2) is 7.87. The van der Waals surface area contributed by atoms with Gasteiger partial charge in [-0.1, -0.05) is 13.3 Å². The summed E-state index contributed by atoms with van der Waals surface area (Å²) in [6.07, 6.45) is 4.21. The molecule has 28 heavy (non-hydrogen) atoms. The number of rotatable bonds is 5. The van der Waals surface area contributed by atoms with E-state index < -0.39 is 16.8 Å². The van der Waals surface area contributed by atoms with Crippen LogP contribution in [0.15, 0.2) is 15.7 Å². The first-order chi connectivity index (χ1) is 13.2. The average molecular weight is 387 g/mol. The zero-order valence-electron chi connectivity index (χ0n) is 17.1. The molecule has 0 bridgehead atoms.